The van der Waals surface area contributed by atoms with Gasteiger partial charge in [-0.15, -0.1) is 0 Å². The standard InChI is InChI=1S/C21H25BrN2O2/c1-14-9-15(2)11-18(10-14)12-20(25)24(16(3)21(26)23-4)13-17-5-7-19(22)8-6-17/h5-11,16H,12-13H2,1-4H3,(H,23,26)/t16-/m0/s1. The SMILES string of the molecule is CNC(=O)[C@H](C)N(Cc1ccc(Br)cc1)C(=O)Cc1cc(C)cc(C)c1. The van der Waals surface area contributed by atoms with Gasteiger partial charge in [-0.25, -0.2) is 0 Å². The van der Waals surface area contributed by atoms with E-state index in [1.165, 1.54) is 0 Å². The summed E-state index contributed by atoms with van der Waals surface area (Å²) in [6, 6.07) is 13.4. The van der Waals surface area contributed by atoms with E-state index in [2.05, 4.69) is 27.3 Å². The van der Waals surface area contributed by atoms with Crippen LogP contribution in [0.4, 0.5) is 0 Å². The normalized spacial score (nSPS) is 11.7. The average Bonchev–Trinajstić information content (AvgIpc) is 2.58. The highest BCUT2D eigenvalue weighted by atomic mass is 79.9. The van der Waals surface area contributed by atoms with Crippen molar-refractivity contribution < 1.29 is 9.59 Å². The fraction of sp³-hybridized carbons (Fsp3) is 0.333. The van der Waals surface area contributed by atoms with Crippen molar-refractivity contribution in [3.63, 3.8) is 0 Å². The largest absolute Gasteiger partial charge is 0.357 e. The number of benzene rings is 2. The van der Waals surface area contributed by atoms with Crippen LogP contribution in [0.5, 0.6) is 0 Å². The molecule has 0 fully saturated rings. The van der Waals surface area contributed by atoms with E-state index in [1.807, 2.05) is 50.2 Å². The molecular weight excluding hydrogens is 392 g/mol. The van der Waals surface area contributed by atoms with Crippen molar-refractivity contribution in [2.45, 2.75) is 39.8 Å². The molecule has 5 heteroatoms. The number of rotatable bonds is 6. The second-order valence-electron chi connectivity index (χ2n) is 6.61. The molecule has 2 aromatic carbocycles. The summed E-state index contributed by atoms with van der Waals surface area (Å²) in [4.78, 5) is 26.8. The van der Waals surface area contributed by atoms with Gasteiger partial charge in [0.1, 0.15) is 6.04 Å². The molecule has 0 unspecified atom stereocenters. The zero-order valence-corrected chi connectivity index (χ0v) is 17.3. The van der Waals surface area contributed by atoms with Crippen LogP contribution in [0.25, 0.3) is 0 Å². The Hall–Kier alpha value is -2.14. The number of likely N-dealkylation sites (N-methyl/N-ethyl adjacent to an activating group) is 1. The number of hydrogen-bond acceptors (Lipinski definition) is 2. The lowest BCUT2D eigenvalue weighted by molar-refractivity contribution is -0.139. The number of hydrogen-bond donors (Lipinski definition) is 1. The molecule has 0 bridgehead atoms. The van der Waals surface area contributed by atoms with Gasteiger partial charge in [0.05, 0.1) is 6.42 Å². The zero-order valence-electron chi connectivity index (χ0n) is 15.7. The van der Waals surface area contributed by atoms with Gasteiger partial charge in [0.15, 0.2) is 0 Å². The van der Waals surface area contributed by atoms with E-state index in [9.17, 15) is 9.59 Å². The van der Waals surface area contributed by atoms with E-state index < -0.39 is 6.04 Å². The molecule has 0 radical (unpaired) electrons. The number of nitrogens with zero attached hydrogens (tertiary/aromatic N) is 1. The Balaban J connectivity index is 2.24. The summed E-state index contributed by atoms with van der Waals surface area (Å²) in [6.45, 7) is 6.20. The van der Waals surface area contributed by atoms with E-state index in [-0.39, 0.29) is 18.2 Å². The van der Waals surface area contributed by atoms with Crippen LogP contribution >= 0.6 is 15.9 Å². The Morgan fingerprint density at radius 1 is 1.04 bits per heavy atom. The minimum Gasteiger partial charge on any atom is -0.357 e. The Kier molecular flexibility index (Phi) is 6.98. The molecular formula is C21H25BrN2O2. The van der Waals surface area contributed by atoms with E-state index in [0.29, 0.717) is 6.54 Å². The smallest absolute Gasteiger partial charge is 0.242 e. The fourth-order valence-electron chi connectivity index (χ4n) is 3.03. The molecule has 0 saturated carbocycles. The van der Waals surface area contributed by atoms with E-state index in [0.717, 1.165) is 26.7 Å². The number of halogens is 1. The Bertz CT molecular complexity index is 767. The molecule has 0 heterocycles. The highest BCUT2D eigenvalue weighted by Crippen LogP contribution is 2.16. The maximum atomic E-state index is 13.0. The molecule has 4 nitrogen and oxygen atoms in total. The summed E-state index contributed by atoms with van der Waals surface area (Å²) in [6.07, 6.45) is 0.278. The number of nitrogens with one attached hydrogen (secondary N) is 1. The van der Waals surface area contributed by atoms with Gasteiger partial charge in [0.2, 0.25) is 11.8 Å². The third-order valence-corrected chi connectivity index (χ3v) is 4.85. The third-order valence-electron chi connectivity index (χ3n) is 4.32. The molecule has 0 aliphatic heterocycles. The van der Waals surface area contributed by atoms with E-state index >= 15 is 0 Å². The molecule has 1 atom stereocenters. The summed E-state index contributed by atoms with van der Waals surface area (Å²) in [5.41, 5.74) is 4.22. The molecule has 0 aliphatic carbocycles. The first-order valence-electron chi connectivity index (χ1n) is 8.63. The van der Waals surface area contributed by atoms with E-state index in [1.54, 1.807) is 18.9 Å². The first-order chi connectivity index (χ1) is 12.3. The minimum absolute atomic E-state index is 0.0611. The lowest BCUT2D eigenvalue weighted by Gasteiger charge is -2.28. The average molecular weight is 417 g/mol. The lowest BCUT2D eigenvalue weighted by atomic mass is 10.0. The first kappa shape index (κ1) is 20.2. The van der Waals surface area contributed by atoms with Crippen molar-refractivity contribution in [1.29, 1.82) is 0 Å². The van der Waals surface area contributed by atoms with Crippen LogP contribution in [0.15, 0.2) is 46.9 Å². The van der Waals surface area contributed by atoms with Crippen LogP contribution in [0.3, 0.4) is 0 Å². The highest BCUT2D eigenvalue weighted by Gasteiger charge is 2.25. The first-order valence-corrected chi connectivity index (χ1v) is 9.42. The summed E-state index contributed by atoms with van der Waals surface area (Å²) in [5, 5.41) is 2.64. The Morgan fingerprint density at radius 2 is 1.62 bits per heavy atom. The van der Waals surface area contributed by atoms with Crippen molar-refractivity contribution in [3.8, 4) is 0 Å². The fourth-order valence-corrected chi connectivity index (χ4v) is 3.29. The molecule has 0 aromatic heterocycles. The minimum atomic E-state index is -0.540. The molecule has 2 rings (SSSR count). The summed E-state index contributed by atoms with van der Waals surface area (Å²) in [7, 11) is 1.59. The zero-order chi connectivity index (χ0) is 19.3. The van der Waals surface area contributed by atoms with Gasteiger partial charge >= 0.3 is 0 Å². The van der Waals surface area contributed by atoms with Gasteiger partial charge in [-0.05, 0) is 44.0 Å². The summed E-state index contributed by atoms with van der Waals surface area (Å²) in [5.74, 6) is -0.232. The quantitative estimate of drug-likeness (QED) is 0.778. The number of aryl methyl sites for hydroxylation is 2. The number of amides is 2. The van der Waals surface area contributed by atoms with Crippen molar-refractivity contribution in [3.05, 3.63) is 69.2 Å². The molecule has 138 valence electrons. The third kappa shape index (κ3) is 5.43. The van der Waals surface area contributed by atoms with Crippen molar-refractivity contribution in [2.75, 3.05) is 7.05 Å². The molecule has 2 amide bonds. The van der Waals surface area contributed by atoms with Gasteiger partial charge in [0.25, 0.3) is 0 Å². The van der Waals surface area contributed by atoms with Gasteiger partial charge < -0.3 is 10.2 Å². The number of carbonyl (C=O) groups is 2. The van der Waals surface area contributed by atoms with Crippen LogP contribution in [0, 0.1) is 13.8 Å². The van der Waals surface area contributed by atoms with Crippen molar-refractivity contribution in [1.82, 2.24) is 10.2 Å². The molecule has 2 aromatic rings. The van der Waals surface area contributed by atoms with Gasteiger partial charge in [0, 0.05) is 18.1 Å². The van der Waals surface area contributed by atoms with Gasteiger partial charge in [-0.3, -0.25) is 9.59 Å². The molecule has 0 spiro atoms. The van der Waals surface area contributed by atoms with Crippen molar-refractivity contribution >= 4 is 27.7 Å². The Labute approximate surface area is 163 Å². The second-order valence-corrected chi connectivity index (χ2v) is 7.53. The van der Waals surface area contributed by atoms with Crippen LogP contribution in [-0.4, -0.2) is 29.8 Å². The lowest BCUT2D eigenvalue weighted by Crippen LogP contribution is -2.47. The molecule has 1 N–H and O–H groups in total. The topological polar surface area (TPSA) is 49.4 Å². The van der Waals surface area contributed by atoms with Crippen LogP contribution in [0.2, 0.25) is 0 Å². The number of carbonyl (C=O) groups excluding carboxylic acids is 2. The molecule has 0 saturated heterocycles. The van der Waals surface area contributed by atoms with Crippen LogP contribution in [-0.2, 0) is 22.6 Å². The summed E-state index contributed by atoms with van der Waals surface area (Å²) < 4.78 is 0.980. The monoisotopic (exact) mass is 416 g/mol. The predicted octanol–water partition coefficient (Wildman–Crippen LogP) is 3.77. The van der Waals surface area contributed by atoms with Crippen LogP contribution in [0.1, 0.15) is 29.2 Å². The maximum Gasteiger partial charge on any atom is 0.242 e. The molecule has 26 heavy (non-hydrogen) atoms. The van der Waals surface area contributed by atoms with Crippen molar-refractivity contribution in [2.24, 2.45) is 0 Å². The van der Waals surface area contributed by atoms with E-state index in [4.69, 9.17) is 0 Å². The summed E-state index contributed by atoms with van der Waals surface area (Å²) >= 11 is 3.42. The predicted molar refractivity (Wildman–Crippen MR) is 108 cm³/mol. The van der Waals surface area contributed by atoms with Crippen LogP contribution < -0.4 is 5.32 Å². The van der Waals surface area contributed by atoms with Gasteiger partial charge in [-0.2, -0.15) is 0 Å². The maximum absolute atomic E-state index is 13.0. The Morgan fingerprint density at radius 3 is 2.15 bits per heavy atom. The van der Waals surface area contributed by atoms with Gasteiger partial charge in [-0.1, -0.05) is 57.4 Å². The second kappa shape index (κ2) is 8.99. The molecule has 0 aliphatic rings. The highest BCUT2D eigenvalue weighted by molar-refractivity contribution is 9.10.